The van der Waals surface area contributed by atoms with E-state index in [1.165, 1.54) is 6.07 Å². The molecular weight excluding hydrogens is 361 g/mol. The Morgan fingerprint density at radius 3 is 2.57 bits per heavy atom. The highest BCUT2D eigenvalue weighted by molar-refractivity contribution is 5.86. The SMILES string of the molecule is O=C(CC1(C(=O)O)Cc2ccccc2C1)N[C@@H]1CCN(c2ncccc2F)C1. The van der Waals surface area contributed by atoms with Gasteiger partial charge in [-0.05, 0) is 42.5 Å². The van der Waals surface area contributed by atoms with E-state index >= 15 is 0 Å². The Morgan fingerprint density at radius 2 is 1.93 bits per heavy atom. The highest BCUT2D eigenvalue weighted by Gasteiger charge is 2.45. The monoisotopic (exact) mass is 383 g/mol. The number of hydrogen-bond donors (Lipinski definition) is 2. The fraction of sp³-hybridized carbons (Fsp3) is 0.381. The fourth-order valence-electron chi connectivity index (χ4n) is 4.31. The van der Waals surface area contributed by atoms with Crippen molar-refractivity contribution < 1.29 is 19.1 Å². The van der Waals surface area contributed by atoms with Gasteiger partial charge in [-0.2, -0.15) is 0 Å². The Morgan fingerprint density at radius 1 is 1.21 bits per heavy atom. The minimum absolute atomic E-state index is 0.0640. The molecule has 1 aliphatic carbocycles. The number of benzene rings is 1. The van der Waals surface area contributed by atoms with Crippen molar-refractivity contribution in [2.45, 2.75) is 31.7 Å². The molecule has 1 aromatic heterocycles. The van der Waals surface area contributed by atoms with Gasteiger partial charge in [-0.3, -0.25) is 9.59 Å². The maximum Gasteiger partial charge on any atom is 0.310 e. The van der Waals surface area contributed by atoms with Crippen LogP contribution in [0.3, 0.4) is 0 Å². The number of carbonyl (C=O) groups is 2. The van der Waals surface area contributed by atoms with E-state index < -0.39 is 11.4 Å². The van der Waals surface area contributed by atoms with Crippen molar-refractivity contribution >= 4 is 17.7 Å². The van der Waals surface area contributed by atoms with Crippen LogP contribution >= 0.6 is 0 Å². The molecule has 1 amide bonds. The van der Waals surface area contributed by atoms with Gasteiger partial charge in [0, 0.05) is 31.7 Å². The van der Waals surface area contributed by atoms with Crippen LogP contribution in [0.4, 0.5) is 10.2 Å². The molecule has 7 heteroatoms. The Balaban J connectivity index is 1.39. The van der Waals surface area contributed by atoms with Gasteiger partial charge in [0.2, 0.25) is 5.91 Å². The predicted octanol–water partition coefficient (Wildman–Crippen LogP) is 2.18. The van der Waals surface area contributed by atoms with Gasteiger partial charge >= 0.3 is 5.97 Å². The van der Waals surface area contributed by atoms with Crippen LogP contribution in [-0.2, 0) is 22.4 Å². The molecule has 0 radical (unpaired) electrons. The molecule has 28 heavy (non-hydrogen) atoms. The van der Waals surface area contributed by atoms with Crippen LogP contribution in [0.2, 0.25) is 0 Å². The number of aliphatic carboxylic acids is 1. The average molecular weight is 383 g/mol. The number of pyridine rings is 1. The average Bonchev–Trinajstić information content (AvgIpc) is 3.26. The Bertz CT molecular complexity index is 892. The number of halogens is 1. The minimum atomic E-state index is -1.10. The summed E-state index contributed by atoms with van der Waals surface area (Å²) in [6.07, 6.45) is 2.87. The molecule has 1 saturated heterocycles. The van der Waals surface area contributed by atoms with E-state index in [0.717, 1.165) is 11.1 Å². The lowest BCUT2D eigenvalue weighted by molar-refractivity contribution is -0.151. The number of nitrogens with zero attached hydrogens (tertiary/aromatic N) is 2. The summed E-state index contributed by atoms with van der Waals surface area (Å²) >= 11 is 0. The first-order valence-corrected chi connectivity index (χ1v) is 9.42. The summed E-state index contributed by atoms with van der Waals surface area (Å²) in [6.45, 7) is 1.05. The molecule has 0 saturated carbocycles. The van der Waals surface area contributed by atoms with Gasteiger partial charge in [-0.25, -0.2) is 9.37 Å². The van der Waals surface area contributed by atoms with E-state index in [9.17, 15) is 19.1 Å². The van der Waals surface area contributed by atoms with Gasteiger partial charge in [0.1, 0.15) is 0 Å². The van der Waals surface area contributed by atoms with Crippen molar-refractivity contribution in [3.05, 3.63) is 59.5 Å². The van der Waals surface area contributed by atoms with Crippen molar-refractivity contribution in [2.24, 2.45) is 5.41 Å². The van der Waals surface area contributed by atoms with Crippen LogP contribution in [0.5, 0.6) is 0 Å². The number of amides is 1. The number of fused-ring (bicyclic) bond motifs is 1. The van der Waals surface area contributed by atoms with Crippen LogP contribution in [0, 0.1) is 11.2 Å². The molecule has 2 heterocycles. The van der Waals surface area contributed by atoms with E-state index in [0.29, 0.717) is 32.4 Å². The van der Waals surface area contributed by atoms with Crippen LogP contribution in [0.25, 0.3) is 0 Å². The van der Waals surface area contributed by atoms with Gasteiger partial charge in [0.15, 0.2) is 11.6 Å². The second-order valence-corrected chi connectivity index (χ2v) is 7.69. The molecule has 1 aliphatic heterocycles. The van der Waals surface area contributed by atoms with E-state index in [1.54, 1.807) is 17.2 Å². The maximum atomic E-state index is 13.9. The molecule has 4 rings (SSSR count). The molecule has 0 spiro atoms. The quantitative estimate of drug-likeness (QED) is 0.827. The van der Waals surface area contributed by atoms with Gasteiger partial charge < -0.3 is 15.3 Å². The third-order valence-electron chi connectivity index (χ3n) is 5.72. The molecule has 0 bridgehead atoms. The number of carboxylic acid groups (broad SMARTS) is 1. The number of anilines is 1. The van der Waals surface area contributed by atoms with Gasteiger partial charge in [-0.15, -0.1) is 0 Å². The Labute approximate surface area is 162 Å². The molecule has 1 fully saturated rings. The van der Waals surface area contributed by atoms with Crippen LogP contribution in [-0.4, -0.2) is 41.1 Å². The van der Waals surface area contributed by atoms with Crippen molar-refractivity contribution in [2.75, 3.05) is 18.0 Å². The zero-order valence-corrected chi connectivity index (χ0v) is 15.4. The number of rotatable bonds is 5. The summed E-state index contributed by atoms with van der Waals surface area (Å²) in [5, 5.41) is 12.8. The lowest BCUT2D eigenvalue weighted by Crippen LogP contribution is -2.43. The first kappa shape index (κ1) is 18.4. The largest absolute Gasteiger partial charge is 0.481 e. The number of carboxylic acids is 1. The summed E-state index contributed by atoms with van der Waals surface area (Å²) in [4.78, 5) is 30.5. The fourth-order valence-corrected chi connectivity index (χ4v) is 4.31. The standard InChI is InChI=1S/C21H22FN3O3/c22-17-6-3-8-23-19(17)25-9-7-16(13-25)24-18(26)12-21(20(27)28)10-14-4-1-2-5-15(14)11-21/h1-6,8,16H,7,9-13H2,(H,24,26)(H,27,28)/t16-/m1/s1. The van der Waals surface area contributed by atoms with Gasteiger partial charge in [0.25, 0.3) is 0 Å². The van der Waals surface area contributed by atoms with Gasteiger partial charge in [0.05, 0.1) is 5.41 Å². The molecular formula is C21H22FN3O3. The summed E-state index contributed by atoms with van der Waals surface area (Å²) in [7, 11) is 0. The summed E-state index contributed by atoms with van der Waals surface area (Å²) in [5.74, 6) is -1.32. The minimum Gasteiger partial charge on any atom is -0.481 e. The normalized spacial score (nSPS) is 20.0. The van der Waals surface area contributed by atoms with Crippen molar-refractivity contribution in [1.29, 1.82) is 0 Å². The number of nitrogens with one attached hydrogen (secondary N) is 1. The number of aromatic nitrogens is 1. The topological polar surface area (TPSA) is 82.5 Å². The third kappa shape index (κ3) is 3.44. The Hall–Kier alpha value is -2.96. The first-order chi connectivity index (χ1) is 13.5. The van der Waals surface area contributed by atoms with Crippen LogP contribution in [0.1, 0.15) is 24.0 Å². The summed E-state index contributed by atoms with van der Waals surface area (Å²) in [5.41, 5.74) is 0.893. The smallest absolute Gasteiger partial charge is 0.310 e. The van der Waals surface area contributed by atoms with E-state index in [4.69, 9.17) is 0 Å². The van der Waals surface area contributed by atoms with Crippen molar-refractivity contribution in [1.82, 2.24) is 10.3 Å². The third-order valence-corrected chi connectivity index (χ3v) is 5.72. The molecule has 146 valence electrons. The molecule has 2 N–H and O–H groups in total. The molecule has 1 atom stereocenters. The zero-order valence-electron chi connectivity index (χ0n) is 15.4. The van der Waals surface area contributed by atoms with Crippen molar-refractivity contribution in [3.63, 3.8) is 0 Å². The predicted molar refractivity (Wildman–Crippen MR) is 101 cm³/mol. The molecule has 2 aromatic rings. The van der Waals surface area contributed by atoms with E-state index in [2.05, 4.69) is 10.3 Å². The zero-order chi connectivity index (χ0) is 19.7. The van der Waals surface area contributed by atoms with E-state index in [1.807, 2.05) is 24.3 Å². The van der Waals surface area contributed by atoms with Crippen molar-refractivity contribution in [3.8, 4) is 0 Å². The highest BCUT2D eigenvalue weighted by atomic mass is 19.1. The lowest BCUT2D eigenvalue weighted by atomic mass is 9.81. The van der Waals surface area contributed by atoms with E-state index in [-0.39, 0.29) is 30.0 Å². The second-order valence-electron chi connectivity index (χ2n) is 7.69. The Kier molecular flexibility index (Phi) is 4.75. The van der Waals surface area contributed by atoms with Crippen LogP contribution < -0.4 is 10.2 Å². The molecule has 1 aromatic carbocycles. The molecule has 2 aliphatic rings. The highest BCUT2D eigenvalue weighted by Crippen LogP contribution is 2.40. The maximum absolute atomic E-state index is 13.9. The summed E-state index contributed by atoms with van der Waals surface area (Å²) < 4.78 is 13.9. The second kappa shape index (κ2) is 7.22. The summed E-state index contributed by atoms with van der Waals surface area (Å²) in [6, 6.07) is 10.4. The molecule has 6 nitrogen and oxygen atoms in total. The lowest BCUT2D eigenvalue weighted by Gasteiger charge is -2.24. The number of hydrogen-bond acceptors (Lipinski definition) is 4. The number of carbonyl (C=O) groups excluding carboxylic acids is 1. The first-order valence-electron chi connectivity index (χ1n) is 9.42. The van der Waals surface area contributed by atoms with Gasteiger partial charge in [-0.1, -0.05) is 24.3 Å². The van der Waals surface area contributed by atoms with Crippen LogP contribution in [0.15, 0.2) is 42.6 Å². The molecule has 0 unspecified atom stereocenters.